The van der Waals surface area contributed by atoms with E-state index in [0.29, 0.717) is 16.4 Å². The zero-order valence-corrected chi connectivity index (χ0v) is 16.5. The number of carbonyl (C=O) groups excluding carboxylic acids is 1. The predicted molar refractivity (Wildman–Crippen MR) is 105 cm³/mol. The third kappa shape index (κ3) is 3.78. The largest absolute Gasteiger partial charge is 0.495 e. The Morgan fingerprint density at radius 2 is 1.89 bits per heavy atom. The van der Waals surface area contributed by atoms with Crippen LogP contribution >= 0.6 is 11.6 Å². The van der Waals surface area contributed by atoms with Gasteiger partial charge in [0.1, 0.15) is 16.3 Å². The fourth-order valence-electron chi connectivity index (χ4n) is 2.58. The highest BCUT2D eigenvalue weighted by molar-refractivity contribution is 7.89. The average Bonchev–Trinajstić information content (AvgIpc) is 3.04. The van der Waals surface area contributed by atoms with Crippen LogP contribution in [0.2, 0.25) is 5.02 Å². The molecule has 27 heavy (non-hydrogen) atoms. The van der Waals surface area contributed by atoms with Crippen LogP contribution in [0.4, 0.5) is 5.69 Å². The van der Waals surface area contributed by atoms with Gasteiger partial charge in [-0.2, -0.15) is 0 Å². The van der Waals surface area contributed by atoms with Crippen molar-refractivity contribution in [1.82, 2.24) is 9.29 Å². The zero-order valence-electron chi connectivity index (χ0n) is 14.9. The molecule has 1 heterocycles. The highest BCUT2D eigenvalue weighted by Gasteiger charge is 2.23. The summed E-state index contributed by atoms with van der Waals surface area (Å²) < 4.78 is 31.2. The summed E-state index contributed by atoms with van der Waals surface area (Å²) >= 11 is 5.96. The van der Waals surface area contributed by atoms with Crippen LogP contribution in [0.3, 0.4) is 0 Å². The van der Waals surface area contributed by atoms with Crippen LogP contribution in [0, 0.1) is 0 Å². The highest BCUT2D eigenvalue weighted by Crippen LogP contribution is 2.29. The van der Waals surface area contributed by atoms with E-state index < -0.39 is 15.9 Å². The highest BCUT2D eigenvalue weighted by atomic mass is 35.5. The minimum atomic E-state index is -3.73. The number of nitrogens with zero attached hydrogens (tertiary/aromatic N) is 1. The molecule has 0 atom stereocenters. The Bertz CT molecular complexity index is 1120. The fourth-order valence-corrected chi connectivity index (χ4v) is 3.83. The molecule has 0 aliphatic carbocycles. The van der Waals surface area contributed by atoms with Crippen molar-refractivity contribution < 1.29 is 17.9 Å². The van der Waals surface area contributed by atoms with Gasteiger partial charge in [-0.25, -0.2) is 12.7 Å². The Hall–Kier alpha value is -2.55. The summed E-state index contributed by atoms with van der Waals surface area (Å²) in [7, 11) is 0.506. The predicted octanol–water partition coefficient (Wildman–Crippen LogP) is 3.33. The Labute approximate surface area is 161 Å². The van der Waals surface area contributed by atoms with Gasteiger partial charge in [-0.15, -0.1) is 0 Å². The number of benzene rings is 2. The standard InChI is InChI=1S/C18H18ClN3O4S/c1-22(2)27(24,25)17-10-13(5-7-16(17)26-3)20-18(23)15-9-11-8-12(19)4-6-14(11)21-15/h4-10,21H,1-3H3,(H,20,23). The Morgan fingerprint density at radius 1 is 1.15 bits per heavy atom. The number of aromatic nitrogens is 1. The molecule has 1 aromatic heterocycles. The molecule has 7 nitrogen and oxygen atoms in total. The Balaban J connectivity index is 1.93. The number of ether oxygens (including phenoxy) is 1. The molecule has 2 N–H and O–H groups in total. The van der Waals surface area contributed by atoms with Crippen molar-refractivity contribution in [3.63, 3.8) is 0 Å². The van der Waals surface area contributed by atoms with Gasteiger partial charge in [-0.05, 0) is 42.5 Å². The number of halogens is 1. The number of hydrogen-bond donors (Lipinski definition) is 2. The first-order chi connectivity index (χ1) is 12.7. The van der Waals surface area contributed by atoms with E-state index >= 15 is 0 Å². The SMILES string of the molecule is COc1ccc(NC(=O)c2cc3cc(Cl)ccc3[nH]2)cc1S(=O)(=O)N(C)C. The third-order valence-electron chi connectivity index (χ3n) is 4.01. The first-order valence-corrected chi connectivity index (χ1v) is 9.74. The molecule has 9 heteroatoms. The lowest BCUT2D eigenvalue weighted by Crippen LogP contribution is -2.23. The molecule has 0 bridgehead atoms. The number of anilines is 1. The van der Waals surface area contributed by atoms with E-state index in [1.165, 1.54) is 33.3 Å². The first kappa shape index (κ1) is 19.2. The van der Waals surface area contributed by atoms with Gasteiger partial charge in [0.05, 0.1) is 7.11 Å². The number of sulfonamides is 1. The lowest BCUT2D eigenvalue weighted by atomic mass is 10.2. The van der Waals surface area contributed by atoms with E-state index in [-0.39, 0.29) is 10.6 Å². The van der Waals surface area contributed by atoms with Crippen LogP contribution in [-0.2, 0) is 10.0 Å². The second-order valence-electron chi connectivity index (χ2n) is 6.02. The van der Waals surface area contributed by atoms with Crippen LogP contribution in [0.1, 0.15) is 10.5 Å². The molecule has 1 amide bonds. The van der Waals surface area contributed by atoms with Crippen LogP contribution in [0.5, 0.6) is 5.75 Å². The lowest BCUT2D eigenvalue weighted by molar-refractivity contribution is 0.102. The molecule has 3 aromatic rings. The maximum absolute atomic E-state index is 12.6. The topological polar surface area (TPSA) is 91.5 Å². The van der Waals surface area contributed by atoms with E-state index in [1.54, 1.807) is 30.3 Å². The van der Waals surface area contributed by atoms with Crippen LogP contribution in [0.15, 0.2) is 47.4 Å². The van der Waals surface area contributed by atoms with E-state index in [2.05, 4.69) is 10.3 Å². The number of nitrogens with one attached hydrogen (secondary N) is 2. The molecule has 0 unspecified atom stereocenters. The summed E-state index contributed by atoms with van der Waals surface area (Å²) in [4.78, 5) is 15.5. The van der Waals surface area contributed by atoms with Gasteiger partial charge in [0.2, 0.25) is 10.0 Å². The minimum absolute atomic E-state index is 0.0313. The molecule has 3 rings (SSSR count). The summed E-state index contributed by atoms with van der Waals surface area (Å²) in [6, 6.07) is 11.4. The summed E-state index contributed by atoms with van der Waals surface area (Å²) in [6.07, 6.45) is 0. The van der Waals surface area contributed by atoms with Gasteiger partial charge in [-0.1, -0.05) is 11.6 Å². The van der Waals surface area contributed by atoms with E-state index in [4.69, 9.17) is 16.3 Å². The van der Waals surface area contributed by atoms with Crippen molar-refractivity contribution in [1.29, 1.82) is 0 Å². The molecule has 0 saturated heterocycles. The van der Waals surface area contributed by atoms with Crippen LogP contribution < -0.4 is 10.1 Å². The second-order valence-corrected chi connectivity index (χ2v) is 8.58. The number of fused-ring (bicyclic) bond motifs is 1. The maximum Gasteiger partial charge on any atom is 0.272 e. The molecule has 0 aliphatic heterocycles. The number of carbonyl (C=O) groups is 1. The molecular formula is C18H18ClN3O4S. The molecule has 0 saturated carbocycles. The number of H-pyrrole nitrogens is 1. The van der Waals surface area contributed by atoms with Gasteiger partial charge in [0.15, 0.2) is 0 Å². The van der Waals surface area contributed by atoms with Crippen molar-refractivity contribution in [3.05, 3.63) is 53.2 Å². The minimum Gasteiger partial charge on any atom is -0.495 e. The number of amides is 1. The van der Waals surface area contributed by atoms with Gasteiger partial charge in [0.25, 0.3) is 5.91 Å². The Morgan fingerprint density at radius 3 is 2.56 bits per heavy atom. The van der Waals surface area contributed by atoms with Gasteiger partial charge < -0.3 is 15.0 Å². The number of aromatic amines is 1. The zero-order chi connectivity index (χ0) is 19.8. The van der Waals surface area contributed by atoms with Crippen molar-refractivity contribution >= 4 is 44.1 Å². The molecule has 0 radical (unpaired) electrons. The monoisotopic (exact) mass is 407 g/mol. The van der Waals surface area contributed by atoms with E-state index in [9.17, 15) is 13.2 Å². The van der Waals surface area contributed by atoms with Crippen molar-refractivity contribution in [2.75, 3.05) is 26.5 Å². The van der Waals surface area contributed by atoms with Crippen LogP contribution in [0.25, 0.3) is 10.9 Å². The van der Waals surface area contributed by atoms with Gasteiger partial charge in [-0.3, -0.25) is 4.79 Å². The fraction of sp³-hybridized carbons (Fsp3) is 0.167. The van der Waals surface area contributed by atoms with Crippen molar-refractivity contribution in [2.45, 2.75) is 4.90 Å². The lowest BCUT2D eigenvalue weighted by Gasteiger charge is -2.15. The smallest absolute Gasteiger partial charge is 0.272 e. The molecule has 2 aromatic carbocycles. The molecular weight excluding hydrogens is 390 g/mol. The average molecular weight is 408 g/mol. The number of rotatable bonds is 5. The van der Waals surface area contributed by atoms with Crippen molar-refractivity contribution in [2.24, 2.45) is 0 Å². The Kier molecular flexibility index (Phi) is 5.14. The first-order valence-electron chi connectivity index (χ1n) is 7.92. The number of methoxy groups -OCH3 is 1. The van der Waals surface area contributed by atoms with Crippen LogP contribution in [-0.4, -0.2) is 44.8 Å². The summed E-state index contributed by atoms with van der Waals surface area (Å²) in [6.45, 7) is 0. The van der Waals surface area contributed by atoms with E-state index in [0.717, 1.165) is 15.2 Å². The third-order valence-corrected chi connectivity index (χ3v) is 6.08. The quantitative estimate of drug-likeness (QED) is 0.678. The van der Waals surface area contributed by atoms with Crippen molar-refractivity contribution in [3.8, 4) is 5.75 Å². The molecule has 0 aliphatic rings. The molecule has 0 fully saturated rings. The summed E-state index contributed by atoms with van der Waals surface area (Å²) in [5.74, 6) is -0.206. The normalized spacial score (nSPS) is 11.7. The maximum atomic E-state index is 12.6. The number of hydrogen-bond acceptors (Lipinski definition) is 4. The molecule has 0 spiro atoms. The van der Waals surface area contributed by atoms with Gasteiger partial charge >= 0.3 is 0 Å². The second kappa shape index (κ2) is 7.22. The molecule has 142 valence electrons. The summed E-state index contributed by atoms with van der Waals surface area (Å²) in [5, 5.41) is 4.07. The van der Waals surface area contributed by atoms with Gasteiger partial charge in [0, 0.05) is 35.7 Å². The van der Waals surface area contributed by atoms with E-state index in [1.807, 2.05) is 0 Å². The summed E-state index contributed by atoms with van der Waals surface area (Å²) in [5.41, 5.74) is 1.44.